The Kier molecular flexibility index (Phi) is 9.11. The predicted molar refractivity (Wildman–Crippen MR) is 136 cm³/mol. The normalized spacial score (nSPS) is 23.4. The number of hydrogen-bond donors (Lipinski definition) is 0. The van der Waals surface area contributed by atoms with Crippen molar-refractivity contribution in [3.63, 3.8) is 0 Å². The largest absolute Gasteiger partial charge is 0.352 e. The molecule has 0 aromatic heterocycles. The third-order valence-corrected chi connectivity index (χ3v) is 10.6. The second-order valence-electron chi connectivity index (χ2n) is 9.57. The minimum atomic E-state index is -2.99. The van der Waals surface area contributed by atoms with Crippen LogP contribution in [0, 0.1) is 0 Å². The number of aliphatic imine (C=N–C) groups is 1. The number of hydrogen-bond acceptors (Lipinski definition) is 2. The van der Waals surface area contributed by atoms with Gasteiger partial charge in [-0.15, -0.1) is 0 Å². The van der Waals surface area contributed by atoms with E-state index in [4.69, 9.17) is 16.6 Å². The maximum atomic E-state index is 15.5. The van der Waals surface area contributed by atoms with Crippen molar-refractivity contribution in [1.82, 2.24) is 14.2 Å². The van der Waals surface area contributed by atoms with E-state index in [0.29, 0.717) is 5.02 Å². The van der Waals surface area contributed by atoms with Gasteiger partial charge in [0.25, 0.3) is 7.44 Å². The van der Waals surface area contributed by atoms with Gasteiger partial charge in [0, 0.05) is 44.3 Å². The summed E-state index contributed by atoms with van der Waals surface area (Å²) in [6.07, 6.45) is 14.3. The lowest BCUT2D eigenvalue weighted by Gasteiger charge is -2.42. The van der Waals surface area contributed by atoms with Crippen molar-refractivity contribution >= 4 is 30.3 Å². The van der Waals surface area contributed by atoms with E-state index >= 15 is 4.57 Å². The first-order chi connectivity index (χ1) is 15.7. The number of amidine groups is 1. The van der Waals surface area contributed by atoms with Crippen molar-refractivity contribution in [3.8, 4) is 0 Å². The van der Waals surface area contributed by atoms with Crippen molar-refractivity contribution < 1.29 is 4.57 Å². The molecule has 1 aromatic rings. The molecule has 0 N–H and O–H groups in total. The van der Waals surface area contributed by atoms with Crippen LogP contribution in [0.2, 0.25) is 5.02 Å². The van der Waals surface area contributed by atoms with Gasteiger partial charge >= 0.3 is 0 Å². The molecule has 0 aliphatic carbocycles. The Morgan fingerprint density at radius 3 is 1.50 bits per heavy atom. The van der Waals surface area contributed by atoms with Crippen molar-refractivity contribution in [1.29, 1.82) is 0 Å². The smallest absolute Gasteiger partial charge is 0.280 e. The van der Waals surface area contributed by atoms with E-state index in [1.54, 1.807) is 0 Å². The van der Waals surface area contributed by atoms with Crippen LogP contribution in [0.5, 0.6) is 0 Å². The van der Waals surface area contributed by atoms with E-state index in [1.165, 1.54) is 38.5 Å². The molecule has 3 aliphatic heterocycles. The summed E-state index contributed by atoms with van der Waals surface area (Å²) >= 11 is 6.16. The second kappa shape index (κ2) is 12.0. The molecule has 3 heterocycles. The van der Waals surface area contributed by atoms with Crippen molar-refractivity contribution in [2.45, 2.75) is 77.0 Å². The van der Waals surface area contributed by atoms with Crippen LogP contribution in [0.4, 0.5) is 5.69 Å². The summed E-state index contributed by atoms with van der Waals surface area (Å²) in [5.41, 5.74) is 1.70. The van der Waals surface area contributed by atoms with Gasteiger partial charge in [-0.2, -0.15) is 0 Å². The highest BCUT2D eigenvalue weighted by Gasteiger charge is 2.44. The first-order valence-corrected chi connectivity index (χ1v) is 14.9. The molecule has 0 unspecified atom stereocenters. The van der Waals surface area contributed by atoms with Crippen molar-refractivity contribution in [2.75, 3.05) is 39.3 Å². The van der Waals surface area contributed by atoms with Crippen molar-refractivity contribution in [3.05, 3.63) is 29.3 Å². The average Bonchev–Trinajstić information content (AvgIpc) is 3.35. The second-order valence-corrected chi connectivity index (χ2v) is 12.6. The van der Waals surface area contributed by atoms with E-state index in [1.807, 2.05) is 24.3 Å². The molecule has 0 amide bonds. The Labute approximate surface area is 199 Å². The molecular weight excluding hydrogens is 439 g/mol. The molecule has 0 atom stereocenters. The number of nitrogens with zero attached hydrogens (tertiary/aromatic N) is 4. The minimum absolute atomic E-state index is 0.712. The topological polar surface area (TPSA) is 39.2 Å². The molecule has 0 radical (unpaired) electrons. The summed E-state index contributed by atoms with van der Waals surface area (Å²) in [6, 6.07) is 7.72. The third kappa shape index (κ3) is 5.97. The van der Waals surface area contributed by atoms with Gasteiger partial charge in [-0.05, 0) is 62.8 Å². The zero-order valence-corrected chi connectivity index (χ0v) is 21.2. The van der Waals surface area contributed by atoms with E-state index in [9.17, 15) is 0 Å². The highest BCUT2D eigenvalue weighted by Crippen LogP contribution is 2.57. The van der Waals surface area contributed by atoms with Gasteiger partial charge in [-0.25, -0.2) is 14.3 Å². The summed E-state index contributed by atoms with van der Waals surface area (Å²) in [4.78, 5) is 7.57. The summed E-state index contributed by atoms with van der Waals surface area (Å²) in [6.45, 7) is 5.58. The van der Waals surface area contributed by atoms with E-state index in [-0.39, 0.29) is 0 Å². The molecule has 178 valence electrons. The Bertz CT molecular complexity index is 752. The van der Waals surface area contributed by atoms with Crippen LogP contribution < -0.4 is 0 Å². The molecule has 0 saturated carbocycles. The van der Waals surface area contributed by atoms with Gasteiger partial charge in [-0.1, -0.05) is 50.1 Å². The van der Waals surface area contributed by atoms with Crippen LogP contribution in [0.15, 0.2) is 29.3 Å². The fourth-order valence-electron chi connectivity index (χ4n) is 5.30. The van der Waals surface area contributed by atoms with Crippen LogP contribution >= 0.6 is 19.0 Å². The Balaban J connectivity index is 1.80. The monoisotopic (exact) mass is 478 g/mol. The SMILES string of the molecule is O=P(C(=Nc1ccc(Cl)cc1)N1CCCCCC1)(N1CCCCCC1)N1CCCCCC1. The summed E-state index contributed by atoms with van der Waals surface area (Å²) in [5.74, 6) is 0. The highest BCUT2D eigenvalue weighted by molar-refractivity contribution is 7.76. The van der Waals surface area contributed by atoms with Crippen LogP contribution in [-0.4, -0.2) is 59.1 Å². The van der Waals surface area contributed by atoms with Crippen LogP contribution in [0.1, 0.15) is 77.0 Å². The van der Waals surface area contributed by atoms with Gasteiger partial charge in [0.05, 0.1) is 5.69 Å². The number of benzene rings is 1. The van der Waals surface area contributed by atoms with Crippen LogP contribution in [0.3, 0.4) is 0 Å². The molecule has 3 fully saturated rings. The molecular formula is C25H40ClN4OP. The van der Waals surface area contributed by atoms with Gasteiger partial charge in [-0.3, -0.25) is 4.57 Å². The van der Waals surface area contributed by atoms with Gasteiger partial charge in [0.15, 0.2) is 5.58 Å². The summed E-state index contributed by atoms with van der Waals surface area (Å²) < 4.78 is 20.2. The quantitative estimate of drug-likeness (QED) is 0.261. The average molecular weight is 479 g/mol. The van der Waals surface area contributed by atoms with Gasteiger partial charge < -0.3 is 4.90 Å². The first-order valence-electron chi connectivity index (χ1n) is 12.9. The fraction of sp³-hybridized carbons (Fsp3) is 0.720. The summed E-state index contributed by atoms with van der Waals surface area (Å²) in [7, 11) is -2.99. The summed E-state index contributed by atoms with van der Waals surface area (Å²) in [5, 5.41) is 0.712. The molecule has 4 rings (SSSR count). The van der Waals surface area contributed by atoms with Crippen LogP contribution in [0.25, 0.3) is 0 Å². The lowest BCUT2D eigenvalue weighted by Crippen LogP contribution is -2.43. The van der Waals surface area contributed by atoms with Crippen molar-refractivity contribution in [2.24, 2.45) is 4.99 Å². The lowest BCUT2D eigenvalue weighted by molar-refractivity contribution is 0.341. The molecule has 32 heavy (non-hydrogen) atoms. The number of rotatable bonds is 4. The van der Waals surface area contributed by atoms with Gasteiger partial charge in [0.1, 0.15) is 0 Å². The number of likely N-dealkylation sites (tertiary alicyclic amines) is 1. The fourth-order valence-corrected chi connectivity index (χ4v) is 8.76. The molecule has 3 aliphatic rings. The van der Waals surface area contributed by atoms with E-state index in [2.05, 4.69) is 14.2 Å². The molecule has 3 saturated heterocycles. The Morgan fingerprint density at radius 1 is 0.656 bits per heavy atom. The first kappa shape index (κ1) is 24.3. The molecule has 7 heteroatoms. The zero-order chi connectivity index (χ0) is 22.2. The van der Waals surface area contributed by atoms with E-state index in [0.717, 1.165) is 89.1 Å². The maximum Gasteiger partial charge on any atom is 0.280 e. The minimum Gasteiger partial charge on any atom is -0.352 e. The maximum absolute atomic E-state index is 15.5. The highest BCUT2D eigenvalue weighted by atomic mass is 35.5. The Morgan fingerprint density at radius 2 is 1.06 bits per heavy atom. The number of halogens is 1. The molecule has 0 spiro atoms. The lowest BCUT2D eigenvalue weighted by atomic mass is 10.2. The molecule has 1 aromatic carbocycles. The molecule has 0 bridgehead atoms. The zero-order valence-electron chi connectivity index (χ0n) is 19.6. The predicted octanol–water partition coefficient (Wildman–Crippen LogP) is 7.15. The van der Waals surface area contributed by atoms with E-state index < -0.39 is 7.44 Å². The molecule has 5 nitrogen and oxygen atoms in total. The third-order valence-electron chi connectivity index (χ3n) is 7.14. The Hall–Kier alpha value is -0.870. The van der Waals surface area contributed by atoms with Gasteiger partial charge in [0.2, 0.25) is 0 Å². The van der Waals surface area contributed by atoms with Crippen LogP contribution in [-0.2, 0) is 4.57 Å². The standard InChI is InChI=1S/C25H40ClN4OP/c26-23-13-15-24(16-14-23)27-25(28-17-7-1-2-8-18-28)32(31,29-19-9-3-4-10-20-29)30-21-11-5-6-12-22-30/h13-16H,1-12,17-22H2.